The number of hydrogen-bond donors (Lipinski definition) is 1. The molecule has 2 aromatic carbocycles. The monoisotopic (exact) mass is 526 g/mol. The van der Waals surface area contributed by atoms with Crippen molar-refractivity contribution in [3.8, 4) is 0 Å². The largest absolute Gasteiger partial charge is 0.416 e. The number of benzene rings is 2. The molecule has 4 rings (SSSR count). The summed E-state index contributed by atoms with van der Waals surface area (Å²) in [5, 5.41) is 2.80. The zero-order valence-corrected chi connectivity index (χ0v) is 20.3. The van der Waals surface area contributed by atoms with Crippen LogP contribution in [-0.4, -0.2) is 44.0 Å². The first-order valence-electron chi connectivity index (χ1n) is 11.6. The van der Waals surface area contributed by atoms with Crippen molar-refractivity contribution in [2.75, 3.05) is 12.8 Å². The standard InChI is InChI=1S/C25H26F4N2O4S/c1-36(34,35)18-8-3-7-16(13-18)24(33)31-12-4-9-21(31)23(32)30-22(15-5-2-6-15)19-11-10-17(14-20(19)26)25(27,28)29/h3,7-8,10-11,13-15,21-22H,2,4-6,9,12H2,1H3,(H,30,32)/t21-,22-/m1/s1. The maximum absolute atomic E-state index is 14.8. The molecule has 1 aliphatic heterocycles. The molecule has 36 heavy (non-hydrogen) atoms. The van der Waals surface area contributed by atoms with E-state index in [2.05, 4.69) is 5.32 Å². The van der Waals surface area contributed by atoms with Crippen molar-refractivity contribution >= 4 is 21.7 Å². The van der Waals surface area contributed by atoms with Gasteiger partial charge in [-0.05, 0) is 61.9 Å². The van der Waals surface area contributed by atoms with Crippen LogP contribution in [0.15, 0.2) is 47.4 Å². The number of rotatable bonds is 6. The van der Waals surface area contributed by atoms with Crippen molar-refractivity contribution in [3.05, 3.63) is 65.0 Å². The van der Waals surface area contributed by atoms with Gasteiger partial charge in [-0.15, -0.1) is 0 Å². The number of nitrogens with one attached hydrogen (secondary N) is 1. The lowest BCUT2D eigenvalue weighted by atomic mass is 9.76. The van der Waals surface area contributed by atoms with Crippen LogP contribution in [0.4, 0.5) is 17.6 Å². The third kappa shape index (κ3) is 5.40. The minimum atomic E-state index is -4.69. The summed E-state index contributed by atoms with van der Waals surface area (Å²) in [6.45, 7) is 0.281. The third-order valence-electron chi connectivity index (χ3n) is 6.91. The van der Waals surface area contributed by atoms with Gasteiger partial charge in [0, 0.05) is 23.9 Å². The fourth-order valence-corrected chi connectivity index (χ4v) is 5.40. The molecule has 1 heterocycles. The maximum Gasteiger partial charge on any atom is 0.416 e. The van der Waals surface area contributed by atoms with Gasteiger partial charge in [-0.3, -0.25) is 9.59 Å². The van der Waals surface area contributed by atoms with E-state index in [9.17, 15) is 35.6 Å². The molecule has 1 aliphatic carbocycles. The minimum Gasteiger partial charge on any atom is -0.347 e. The van der Waals surface area contributed by atoms with Gasteiger partial charge in [0.15, 0.2) is 9.84 Å². The fourth-order valence-electron chi connectivity index (χ4n) is 4.74. The Labute approximate surface area is 206 Å². The van der Waals surface area contributed by atoms with E-state index in [4.69, 9.17) is 0 Å². The summed E-state index contributed by atoms with van der Waals surface area (Å²) in [4.78, 5) is 27.8. The van der Waals surface area contributed by atoms with Gasteiger partial charge in [-0.2, -0.15) is 13.2 Å². The molecular formula is C25H26F4N2O4S. The van der Waals surface area contributed by atoms with E-state index in [1.54, 1.807) is 0 Å². The third-order valence-corrected chi connectivity index (χ3v) is 8.02. The zero-order valence-electron chi connectivity index (χ0n) is 19.5. The Kier molecular flexibility index (Phi) is 7.14. The molecule has 2 amide bonds. The van der Waals surface area contributed by atoms with Crippen molar-refractivity contribution in [3.63, 3.8) is 0 Å². The Balaban J connectivity index is 1.56. The summed E-state index contributed by atoms with van der Waals surface area (Å²) in [7, 11) is -3.54. The molecule has 0 unspecified atom stereocenters. The van der Waals surface area contributed by atoms with Crippen LogP contribution >= 0.6 is 0 Å². The molecule has 11 heteroatoms. The number of carbonyl (C=O) groups excluding carboxylic acids is 2. The summed E-state index contributed by atoms with van der Waals surface area (Å²) >= 11 is 0. The molecule has 6 nitrogen and oxygen atoms in total. The molecule has 1 N–H and O–H groups in total. The topological polar surface area (TPSA) is 83.6 Å². The molecule has 194 valence electrons. The van der Waals surface area contributed by atoms with Gasteiger partial charge >= 0.3 is 6.18 Å². The van der Waals surface area contributed by atoms with E-state index >= 15 is 0 Å². The number of likely N-dealkylation sites (tertiary alicyclic amines) is 1. The molecule has 2 aliphatic rings. The van der Waals surface area contributed by atoms with Gasteiger partial charge < -0.3 is 10.2 Å². The molecular weight excluding hydrogens is 500 g/mol. The highest BCUT2D eigenvalue weighted by atomic mass is 32.2. The molecule has 0 spiro atoms. The predicted octanol–water partition coefficient (Wildman–Crippen LogP) is 4.51. The molecule has 2 aromatic rings. The Morgan fingerprint density at radius 2 is 1.78 bits per heavy atom. The highest BCUT2D eigenvalue weighted by Gasteiger charge is 2.39. The lowest BCUT2D eigenvalue weighted by molar-refractivity contribution is -0.137. The lowest BCUT2D eigenvalue weighted by Gasteiger charge is -2.36. The summed E-state index contributed by atoms with van der Waals surface area (Å²) < 4.78 is 77.5. The van der Waals surface area contributed by atoms with Crippen LogP contribution in [0.3, 0.4) is 0 Å². The second-order valence-corrected chi connectivity index (χ2v) is 11.4. The van der Waals surface area contributed by atoms with Crippen LogP contribution in [-0.2, 0) is 20.8 Å². The molecule has 2 atom stereocenters. The number of carbonyl (C=O) groups is 2. The summed E-state index contributed by atoms with van der Waals surface area (Å²) in [5.41, 5.74) is -0.994. The molecule has 0 radical (unpaired) electrons. The van der Waals surface area contributed by atoms with E-state index in [0.717, 1.165) is 24.8 Å². The number of alkyl halides is 3. The minimum absolute atomic E-state index is 0.0159. The van der Waals surface area contributed by atoms with Gasteiger partial charge in [-0.1, -0.05) is 18.6 Å². The summed E-state index contributed by atoms with van der Waals surface area (Å²) in [6, 6.07) is 6.19. The first-order chi connectivity index (χ1) is 16.9. The SMILES string of the molecule is CS(=O)(=O)c1cccc(C(=O)N2CCC[C@@H]2C(=O)N[C@@H](c2ccc(C(F)(F)F)cc2F)C2CCC2)c1. The molecule has 0 bridgehead atoms. The van der Waals surface area contributed by atoms with E-state index < -0.39 is 51.3 Å². The Morgan fingerprint density at radius 1 is 1.06 bits per heavy atom. The Morgan fingerprint density at radius 3 is 2.36 bits per heavy atom. The smallest absolute Gasteiger partial charge is 0.347 e. The van der Waals surface area contributed by atoms with Gasteiger partial charge in [-0.25, -0.2) is 12.8 Å². The van der Waals surface area contributed by atoms with Crippen molar-refractivity contribution in [2.24, 2.45) is 5.92 Å². The van der Waals surface area contributed by atoms with Crippen LogP contribution in [0.25, 0.3) is 0 Å². The van der Waals surface area contributed by atoms with E-state index in [-0.39, 0.29) is 28.5 Å². The Hall–Kier alpha value is -2.95. The maximum atomic E-state index is 14.8. The first kappa shape index (κ1) is 26.1. The highest BCUT2D eigenvalue weighted by molar-refractivity contribution is 7.90. The average molecular weight is 527 g/mol. The molecule has 0 aromatic heterocycles. The van der Waals surface area contributed by atoms with Crippen molar-refractivity contribution in [1.82, 2.24) is 10.2 Å². The van der Waals surface area contributed by atoms with Crippen LogP contribution in [0, 0.1) is 11.7 Å². The van der Waals surface area contributed by atoms with E-state index in [1.807, 2.05) is 0 Å². The number of sulfone groups is 1. The fraction of sp³-hybridized carbons (Fsp3) is 0.440. The van der Waals surface area contributed by atoms with Gasteiger partial charge in [0.2, 0.25) is 5.91 Å². The average Bonchev–Trinajstić information content (AvgIpc) is 3.26. The van der Waals surface area contributed by atoms with Gasteiger partial charge in [0.25, 0.3) is 5.91 Å². The number of hydrogen-bond acceptors (Lipinski definition) is 4. The van der Waals surface area contributed by atoms with Crippen LogP contribution in [0.5, 0.6) is 0 Å². The number of nitrogens with zero attached hydrogens (tertiary/aromatic N) is 1. The van der Waals surface area contributed by atoms with E-state index in [0.29, 0.717) is 31.7 Å². The molecule has 1 saturated heterocycles. The predicted molar refractivity (Wildman–Crippen MR) is 123 cm³/mol. The lowest BCUT2D eigenvalue weighted by Crippen LogP contribution is -2.48. The number of halogens is 4. The molecule has 2 fully saturated rings. The highest BCUT2D eigenvalue weighted by Crippen LogP contribution is 2.40. The second-order valence-electron chi connectivity index (χ2n) is 9.37. The number of amides is 2. The Bertz CT molecular complexity index is 1280. The van der Waals surface area contributed by atoms with Crippen molar-refractivity contribution in [2.45, 2.75) is 55.3 Å². The van der Waals surface area contributed by atoms with Crippen LogP contribution in [0.1, 0.15) is 59.6 Å². The van der Waals surface area contributed by atoms with Crippen molar-refractivity contribution in [1.29, 1.82) is 0 Å². The first-order valence-corrected chi connectivity index (χ1v) is 13.5. The van der Waals surface area contributed by atoms with Crippen LogP contribution < -0.4 is 5.32 Å². The van der Waals surface area contributed by atoms with E-state index in [1.165, 1.54) is 29.2 Å². The zero-order chi connectivity index (χ0) is 26.3. The van der Waals surface area contributed by atoms with Crippen molar-refractivity contribution < 1.29 is 35.6 Å². The quantitative estimate of drug-likeness (QED) is 0.562. The second kappa shape index (κ2) is 9.84. The molecule has 1 saturated carbocycles. The van der Waals surface area contributed by atoms with Gasteiger partial charge in [0.05, 0.1) is 16.5 Å². The normalized spacial score (nSPS) is 19.6. The van der Waals surface area contributed by atoms with Crippen LogP contribution in [0.2, 0.25) is 0 Å². The van der Waals surface area contributed by atoms with Gasteiger partial charge in [0.1, 0.15) is 11.9 Å². The summed E-state index contributed by atoms with van der Waals surface area (Å²) in [5.74, 6) is -2.19. The summed E-state index contributed by atoms with van der Waals surface area (Å²) in [6.07, 6.45) is -0.510.